The summed E-state index contributed by atoms with van der Waals surface area (Å²) in [5.41, 5.74) is 0. The van der Waals surface area contributed by atoms with Crippen LogP contribution in [0, 0.1) is 0 Å². The molecule has 0 spiro atoms. The van der Waals surface area contributed by atoms with Gasteiger partial charge in [-0.1, -0.05) is 18.2 Å². The Kier molecular flexibility index (Phi) is 4.86. The van der Waals surface area contributed by atoms with Crippen molar-refractivity contribution in [2.24, 2.45) is 0 Å². The van der Waals surface area contributed by atoms with E-state index in [4.69, 9.17) is 16.3 Å². The van der Waals surface area contributed by atoms with E-state index < -0.39 is 0 Å². The van der Waals surface area contributed by atoms with Crippen molar-refractivity contribution in [3.63, 3.8) is 0 Å². The van der Waals surface area contributed by atoms with Crippen molar-refractivity contribution in [3.05, 3.63) is 30.3 Å². The van der Waals surface area contributed by atoms with Gasteiger partial charge >= 0.3 is 0 Å². The maximum Gasteiger partial charge on any atom is 0.257 e. The molecule has 4 heteroatoms. The Labute approximate surface area is 88.0 Å². The minimum Gasteiger partial charge on any atom is -0.484 e. The highest BCUT2D eigenvalue weighted by Crippen LogP contribution is 2.07. The molecule has 1 rings (SSSR count). The molecule has 0 bridgehead atoms. The van der Waals surface area contributed by atoms with Crippen LogP contribution in [0.5, 0.6) is 5.75 Å². The third-order valence-corrected chi connectivity index (χ3v) is 1.72. The fourth-order valence-electron chi connectivity index (χ4n) is 0.903. The third kappa shape index (κ3) is 4.14. The maximum atomic E-state index is 11.1. The molecule has 0 saturated heterocycles. The van der Waals surface area contributed by atoms with Crippen molar-refractivity contribution < 1.29 is 9.53 Å². The first-order valence-electron chi connectivity index (χ1n) is 4.33. The van der Waals surface area contributed by atoms with E-state index in [2.05, 4.69) is 5.32 Å². The van der Waals surface area contributed by atoms with Gasteiger partial charge in [0.15, 0.2) is 6.61 Å². The van der Waals surface area contributed by atoms with Crippen LogP contribution in [0.15, 0.2) is 30.3 Å². The molecule has 0 atom stereocenters. The van der Waals surface area contributed by atoms with Crippen molar-refractivity contribution in [3.8, 4) is 5.75 Å². The molecule has 14 heavy (non-hydrogen) atoms. The standard InChI is InChI=1S/C10H12ClNO2/c11-6-7-12-10(13)8-14-9-4-2-1-3-5-9/h1-5H,6-8H2,(H,12,13). The van der Waals surface area contributed by atoms with E-state index in [0.717, 1.165) is 0 Å². The first-order chi connectivity index (χ1) is 6.83. The number of amides is 1. The van der Waals surface area contributed by atoms with E-state index in [-0.39, 0.29) is 12.5 Å². The molecule has 0 unspecified atom stereocenters. The first-order valence-corrected chi connectivity index (χ1v) is 4.87. The average molecular weight is 214 g/mol. The van der Waals surface area contributed by atoms with E-state index in [0.29, 0.717) is 18.2 Å². The number of hydrogen-bond donors (Lipinski definition) is 1. The number of para-hydroxylation sites is 1. The van der Waals surface area contributed by atoms with Gasteiger partial charge in [-0.3, -0.25) is 4.79 Å². The van der Waals surface area contributed by atoms with E-state index >= 15 is 0 Å². The van der Waals surface area contributed by atoms with Crippen LogP contribution >= 0.6 is 11.6 Å². The fourth-order valence-corrected chi connectivity index (χ4v) is 0.998. The predicted octanol–water partition coefficient (Wildman–Crippen LogP) is 1.42. The Hall–Kier alpha value is -1.22. The lowest BCUT2D eigenvalue weighted by Gasteiger charge is -2.05. The molecule has 1 aromatic rings. The fraction of sp³-hybridized carbons (Fsp3) is 0.300. The Balaban J connectivity index is 2.24. The number of nitrogens with one attached hydrogen (secondary N) is 1. The molecule has 0 aliphatic rings. The highest BCUT2D eigenvalue weighted by atomic mass is 35.5. The molecule has 1 amide bonds. The van der Waals surface area contributed by atoms with Crippen LogP contribution < -0.4 is 10.1 Å². The molecule has 3 nitrogen and oxygen atoms in total. The summed E-state index contributed by atoms with van der Waals surface area (Å²) < 4.78 is 5.21. The van der Waals surface area contributed by atoms with Gasteiger partial charge in [0.25, 0.3) is 5.91 Å². The van der Waals surface area contributed by atoms with Crippen LogP contribution in [0.2, 0.25) is 0 Å². The molecule has 0 aliphatic heterocycles. The monoisotopic (exact) mass is 213 g/mol. The Morgan fingerprint density at radius 1 is 1.36 bits per heavy atom. The molecule has 0 heterocycles. The minimum absolute atomic E-state index is 0.0287. The van der Waals surface area contributed by atoms with Crippen LogP contribution in [-0.2, 0) is 4.79 Å². The van der Waals surface area contributed by atoms with Crippen LogP contribution in [0.1, 0.15) is 0 Å². The summed E-state index contributed by atoms with van der Waals surface area (Å²) in [6, 6.07) is 9.20. The van der Waals surface area contributed by atoms with E-state index in [1.165, 1.54) is 0 Å². The smallest absolute Gasteiger partial charge is 0.257 e. The van der Waals surface area contributed by atoms with Crippen LogP contribution in [0.4, 0.5) is 0 Å². The maximum absolute atomic E-state index is 11.1. The first kappa shape index (κ1) is 10.9. The minimum atomic E-state index is -0.158. The summed E-state index contributed by atoms with van der Waals surface area (Å²) in [5, 5.41) is 2.61. The highest BCUT2D eigenvalue weighted by molar-refractivity contribution is 6.18. The Morgan fingerprint density at radius 3 is 2.71 bits per heavy atom. The molecule has 0 saturated carbocycles. The normalized spacial score (nSPS) is 9.50. The van der Waals surface area contributed by atoms with Gasteiger partial charge < -0.3 is 10.1 Å². The lowest BCUT2D eigenvalue weighted by molar-refractivity contribution is -0.122. The van der Waals surface area contributed by atoms with Gasteiger partial charge in [0.05, 0.1) is 0 Å². The molecule has 1 aromatic carbocycles. The SMILES string of the molecule is O=C(COc1ccccc1)NCCCl. The van der Waals surface area contributed by atoms with E-state index in [9.17, 15) is 4.79 Å². The molecule has 1 N–H and O–H groups in total. The molecular weight excluding hydrogens is 202 g/mol. The Bertz CT molecular complexity index is 277. The largest absolute Gasteiger partial charge is 0.484 e. The highest BCUT2D eigenvalue weighted by Gasteiger charge is 2.00. The molecule has 0 fully saturated rings. The van der Waals surface area contributed by atoms with E-state index in [1.807, 2.05) is 18.2 Å². The molecule has 0 radical (unpaired) electrons. The van der Waals surface area contributed by atoms with Crippen molar-refractivity contribution in [2.75, 3.05) is 19.0 Å². The van der Waals surface area contributed by atoms with Crippen molar-refractivity contribution >= 4 is 17.5 Å². The number of carbonyl (C=O) groups is 1. The Morgan fingerprint density at radius 2 is 2.07 bits per heavy atom. The number of alkyl halides is 1. The summed E-state index contributed by atoms with van der Waals surface area (Å²) in [4.78, 5) is 11.1. The van der Waals surface area contributed by atoms with Gasteiger partial charge in [-0.05, 0) is 12.1 Å². The predicted molar refractivity (Wildman–Crippen MR) is 55.7 cm³/mol. The lowest BCUT2D eigenvalue weighted by Crippen LogP contribution is -2.30. The number of rotatable bonds is 5. The summed E-state index contributed by atoms with van der Waals surface area (Å²) >= 11 is 5.41. The second-order valence-corrected chi connectivity index (χ2v) is 3.02. The molecule has 76 valence electrons. The van der Waals surface area contributed by atoms with Crippen molar-refractivity contribution in [2.45, 2.75) is 0 Å². The quantitative estimate of drug-likeness (QED) is 0.752. The topological polar surface area (TPSA) is 38.3 Å². The van der Waals surface area contributed by atoms with Crippen LogP contribution in [0.25, 0.3) is 0 Å². The van der Waals surface area contributed by atoms with Gasteiger partial charge in [-0.15, -0.1) is 11.6 Å². The molecule has 0 aromatic heterocycles. The van der Waals surface area contributed by atoms with Gasteiger partial charge in [-0.25, -0.2) is 0 Å². The van der Waals surface area contributed by atoms with Gasteiger partial charge in [0, 0.05) is 12.4 Å². The van der Waals surface area contributed by atoms with Crippen molar-refractivity contribution in [1.29, 1.82) is 0 Å². The second kappa shape index (κ2) is 6.27. The van der Waals surface area contributed by atoms with Gasteiger partial charge in [-0.2, -0.15) is 0 Å². The molecular formula is C10H12ClNO2. The van der Waals surface area contributed by atoms with Crippen LogP contribution in [-0.4, -0.2) is 24.9 Å². The summed E-state index contributed by atoms with van der Waals surface area (Å²) in [6.45, 7) is 0.499. The number of halogens is 1. The van der Waals surface area contributed by atoms with Crippen LogP contribution in [0.3, 0.4) is 0 Å². The van der Waals surface area contributed by atoms with Gasteiger partial charge in [0.1, 0.15) is 5.75 Å². The van der Waals surface area contributed by atoms with E-state index in [1.54, 1.807) is 12.1 Å². The third-order valence-electron chi connectivity index (χ3n) is 1.53. The lowest BCUT2D eigenvalue weighted by atomic mass is 10.3. The zero-order valence-corrected chi connectivity index (χ0v) is 8.46. The molecule has 0 aliphatic carbocycles. The summed E-state index contributed by atoms with van der Waals surface area (Å²) in [6.07, 6.45) is 0. The zero-order valence-electron chi connectivity index (χ0n) is 7.70. The summed E-state index contributed by atoms with van der Waals surface area (Å²) in [7, 11) is 0. The van der Waals surface area contributed by atoms with Gasteiger partial charge in [0.2, 0.25) is 0 Å². The zero-order chi connectivity index (χ0) is 10.2. The number of carbonyl (C=O) groups excluding carboxylic acids is 1. The second-order valence-electron chi connectivity index (χ2n) is 2.64. The number of hydrogen-bond acceptors (Lipinski definition) is 2. The summed E-state index contributed by atoms with van der Waals surface area (Å²) in [5.74, 6) is 0.944. The number of ether oxygens (including phenoxy) is 1. The average Bonchev–Trinajstić information content (AvgIpc) is 2.25. The van der Waals surface area contributed by atoms with Crippen molar-refractivity contribution in [1.82, 2.24) is 5.32 Å². The number of benzene rings is 1.